The van der Waals surface area contributed by atoms with Crippen LogP contribution in [0.15, 0.2) is 30.3 Å². The van der Waals surface area contributed by atoms with Gasteiger partial charge in [-0.25, -0.2) is 0 Å². The molecule has 3 amide bonds. The Balaban J connectivity index is 0.000000226. The molecular formula is C37H63ClN4O4. The Labute approximate surface area is 284 Å². The smallest absolute Gasteiger partial charge is 0.227 e. The summed E-state index contributed by atoms with van der Waals surface area (Å²) in [5.41, 5.74) is 0.312. The number of rotatable bonds is 4. The van der Waals surface area contributed by atoms with Crippen molar-refractivity contribution in [3.8, 4) is 0 Å². The third-order valence-electron chi connectivity index (χ3n) is 8.90. The van der Waals surface area contributed by atoms with E-state index in [1.165, 1.54) is 25.7 Å². The number of hydrogen-bond acceptors (Lipinski definition) is 5. The van der Waals surface area contributed by atoms with Crippen LogP contribution in [-0.4, -0.2) is 97.0 Å². The van der Waals surface area contributed by atoms with E-state index in [1.807, 2.05) is 30.3 Å². The van der Waals surface area contributed by atoms with Crippen molar-refractivity contribution in [3.05, 3.63) is 35.4 Å². The summed E-state index contributed by atoms with van der Waals surface area (Å²) >= 11 is 5.54. The molecule has 0 spiro atoms. The molecule has 3 aliphatic heterocycles. The zero-order valence-electron chi connectivity index (χ0n) is 29.9. The van der Waals surface area contributed by atoms with E-state index in [9.17, 15) is 14.4 Å². The van der Waals surface area contributed by atoms with Crippen molar-refractivity contribution >= 4 is 29.8 Å². The topological polar surface area (TPSA) is 82.2 Å². The number of morpholine rings is 1. The largest absolute Gasteiger partial charge is 0.378 e. The van der Waals surface area contributed by atoms with Crippen LogP contribution in [0.5, 0.6) is 0 Å². The van der Waals surface area contributed by atoms with E-state index in [0.717, 1.165) is 75.9 Å². The summed E-state index contributed by atoms with van der Waals surface area (Å²) in [6.07, 6.45) is 9.80. The summed E-state index contributed by atoms with van der Waals surface area (Å²) in [4.78, 5) is 40.2. The van der Waals surface area contributed by atoms with Gasteiger partial charge in [-0.15, -0.1) is 0 Å². The summed E-state index contributed by atoms with van der Waals surface area (Å²) in [6.45, 7) is 22.2. The number of likely N-dealkylation sites (tertiary alicyclic amines) is 2. The van der Waals surface area contributed by atoms with E-state index in [2.05, 4.69) is 63.6 Å². The second kappa shape index (κ2) is 20.3. The minimum absolute atomic E-state index is 0.103. The zero-order chi connectivity index (χ0) is 34.2. The summed E-state index contributed by atoms with van der Waals surface area (Å²) < 4.78 is 5.00. The van der Waals surface area contributed by atoms with Crippen molar-refractivity contribution < 1.29 is 19.1 Å². The fourth-order valence-corrected chi connectivity index (χ4v) is 6.17. The molecule has 1 aliphatic carbocycles. The van der Waals surface area contributed by atoms with Crippen LogP contribution in [0.4, 0.5) is 0 Å². The van der Waals surface area contributed by atoms with Crippen LogP contribution < -0.4 is 5.32 Å². The summed E-state index contributed by atoms with van der Waals surface area (Å²) in [6, 6.07) is 9.88. The summed E-state index contributed by atoms with van der Waals surface area (Å²) in [5.74, 6) is 1.74. The molecule has 46 heavy (non-hydrogen) atoms. The normalized spacial score (nSPS) is 23.5. The van der Waals surface area contributed by atoms with Gasteiger partial charge in [0, 0.05) is 55.7 Å². The second-order valence-electron chi connectivity index (χ2n) is 15.4. The molecule has 1 N–H and O–H groups in total. The van der Waals surface area contributed by atoms with Crippen LogP contribution >= 0.6 is 11.6 Å². The highest BCUT2D eigenvalue weighted by Gasteiger charge is 2.36. The van der Waals surface area contributed by atoms with Crippen LogP contribution in [0.1, 0.15) is 99.8 Å². The maximum atomic E-state index is 12.2. The van der Waals surface area contributed by atoms with E-state index >= 15 is 0 Å². The first-order chi connectivity index (χ1) is 21.7. The maximum Gasteiger partial charge on any atom is 0.227 e. The quantitative estimate of drug-likeness (QED) is 0.365. The van der Waals surface area contributed by atoms with Crippen molar-refractivity contribution in [2.24, 2.45) is 17.3 Å². The molecule has 4 aliphatic rings. The number of carbonyl (C=O) groups is 3. The fourth-order valence-electron chi connectivity index (χ4n) is 6.03. The lowest BCUT2D eigenvalue weighted by molar-refractivity contribution is -0.134. The number of nitrogens with zero attached hydrogens (tertiary/aromatic N) is 3. The highest BCUT2D eigenvalue weighted by molar-refractivity contribution is 6.30. The molecule has 1 saturated carbocycles. The van der Waals surface area contributed by atoms with Crippen LogP contribution in [0.25, 0.3) is 0 Å². The standard InChI is InChI=1S/C13H24N2O.C13H25NO.C6H5Cl.C5H9NO2/c1-13(2,3)15-9-6-11(10-15)12(16)14-7-4-5-8-14;1-10-5-7-11(8-6-10)14-12(15)9-13(2,3)4;7-6-4-2-1-3-5-6;7-5-6-1-3-8-4-2-6/h11H,4-10H2,1-3H3;10-11H,5-9H2,1-4H3,(H,14,15);1-5H;5H,1-4H2. The molecule has 1 aromatic rings. The van der Waals surface area contributed by atoms with Crippen molar-refractivity contribution in [1.82, 2.24) is 20.0 Å². The average Bonchev–Trinajstić information content (AvgIpc) is 3.73. The first kappa shape index (κ1) is 40.0. The Morgan fingerprint density at radius 2 is 1.48 bits per heavy atom. The molecule has 0 bridgehead atoms. The first-order valence-electron chi connectivity index (χ1n) is 17.5. The second-order valence-corrected chi connectivity index (χ2v) is 15.9. The van der Waals surface area contributed by atoms with E-state index in [4.69, 9.17) is 16.3 Å². The van der Waals surface area contributed by atoms with Gasteiger partial charge in [0.2, 0.25) is 18.2 Å². The number of hydrogen-bond donors (Lipinski definition) is 1. The SMILES string of the molecule is CC(C)(C)N1CCC(C(=O)N2CCCC2)C1.CC1CCC(NC(=O)CC(C)(C)C)CC1.Clc1ccccc1.O=CN1CCOCC1. The Morgan fingerprint density at radius 3 is 1.91 bits per heavy atom. The maximum absolute atomic E-state index is 12.2. The number of ether oxygens (including phenoxy) is 1. The molecule has 8 nitrogen and oxygen atoms in total. The van der Waals surface area contributed by atoms with Crippen molar-refractivity contribution in [1.29, 1.82) is 0 Å². The Bertz CT molecular complexity index is 1010. The molecule has 3 heterocycles. The van der Waals surface area contributed by atoms with Gasteiger partial charge >= 0.3 is 0 Å². The summed E-state index contributed by atoms with van der Waals surface area (Å²) in [5, 5.41) is 3.95. The fraction of sp³-hybridized carbons (Fsp3) is 0.757. The molecule has 1 unspecified atom stereocenters. The van der Waals surface area contributed by atoms with Gasteiger partial charge < -0.3 is 19.9 Å². The Kier molecular flexibility index (Phi) is 17.6. The molecule has 5 rings (SSSR count). The molecule has 3 saturated heterocycles. The van der Waals surface area contributed by atoms with Crippen LogP contribution in [0.3, 0.4) is 0 Å². The lowest BCUT2D eigenvalue weighted by atomic mass is 9.86. The van der Waals surface area contributed by atoms with E-state index in [0.29, 0.717) is 31.6 Å². The Hall–Kier alpha value is -2.16. The number of halogens is 1. The third kappa shape index (κ3) is 16.6. The number of nitrogens with one attached hydrogen (secondary N) is 1. The monoisotopic (exact) mass is 662 g/mol. The average molecular weight is 663 g/mol. The van der Waals surface area contributed by atoms with Crippen LogP contribution in [0, 0.1) is 17.3 Å². The van der Waals surface area contributed by atoms with Gasteiger partial charge in [-0.05, 0) is 95.7 Å². The van der Waals surface area contributed by atoms with Crippen molar-refractivity contribution in [2.75, 3.05) is 52.5 Å². The van der Waals surface area contributed by atoms with Crippen molar-refractivity contribution in [2.45, 2.75) is 111 Å². The van der Waals surface area contributed by atoms with Gasteiger partial charge in [0.15, 0.2) is 0 Å². The highest BCUT2D eigenvalue weighted by Crippen LogP contribution is 2.27. The lowest BCUT2D eigenvalue weighted by Gasteiger charge is -2.31. The molecule has 1 atom stereocenters. The number of benzene rings is 1. The van der Waals surface area contributed by atoms with E-state index in [-0.39, 0.29) is 22.8 Å². The lowest BCUT2D eigenvalue weighted by Crippen LogP contribution is -2.41. The van der Waals surface area contributed by atoms with E-state index in [1.54, 1.807) is 4.90 Å². The molecular weight excluding hydrogens is 600 g/mol. The van der Waals surface area contributed by atoms with Gasteiger partial charge in [0.25, 0.3) is 0 Å². The first-order valence-corrected chi connectivity index (χ1v) is 17.9. The molecule has 0 radical (unpaired) electrons. The van der Waals surface area contributed by atoms with Gasteiger partial charge in [0.1, 0.15) is 0 Å². The van der Waals surface area contributed by atoms with E-state index < -0.39 is 0 Å². The number of carbonyl (C=O) groups excluding carboxylic acids is 3. The van der Waals surface area contributed by atoms with Gasteiger partial charge in [0.05, 0.1) is 19.1 Å². The van der Waals surface area contributed by atoms with Gasteiger partial charge in [-0.2, -0.15) is 0 Å². The number of amides is 3. The predicted octanol–water partition coefficient (Wildman–Crippen LogP) is 6.66. The van der Waals surface area contributed by atoms with Gasteiger partial charge in [-0.3, -0.25) is 19.3 Å². The minimum atomic E-state index is 0.103. The predicted molar refractivity (Wildman–Crippen MR) is 189 cm³/mol. The van der Waals surface area contributed by atoms with Crippen molar-refractivity contribution in [3.63, 3.8) is 0 Å². The highest BCUT2D eigenvalue weighted by atomic mass is 35.5. The van der Waals surface area contributed by atoms with Crippen LogP contribution in [0.2, 0.25) is 5.02 Å². The molecule has 0 aromatic heterocycles. The minimum Gasteiger partial charge on any atom is -0.378 e. The zero-order valence-corrected chi connectivity index (χ0v) is 30.6. The Morgan fingerprint density at radius 1 is 0.891 bits per heavy atom. The third-order valence-corrected chi connectivity index (χ3v) is 9.16. The van der Waals surface area contributed by atoms with Gasteiger partial charge in [-0.1, -0.05) is 57.5 Å². The molecule has 9 heteroatoms. The molecule has 1 aromatic carbocycles. The summed E-state index contributed by atoms with van der Waals surface area (Å²) in [7, 11) is 0. The molecule has 4 fully saturated rings. The van der Waals surface area contributed by atoms with Crippen LogP contribution in [-0.2, 0) is 19.1 Å². The molecule has 262 valence electrons.